The van der Waals surface area contributed by atoms with Gasteiger partial charge in [0.05, 0.1) is 0 Å². The molecule has 0 heterocycles. The Labute approximate surface area is 126 Å². The molecule has 3 amide bonds. The maximum Gasteiger partial charge on any atom is 0.323 e. The number of urea groups is 1. The number of hydrogen-bond donors (Lipinski definition) is 3. The van der Waals surface area contributed by atoms with Gasteiger partial charge in [-0.1, -0.05) is 11.6 Å². The SMILES string of the molecule is CC(C)(NC(=O)N(CC(=O)O)c1ccc(Cl)cc1)C(N)=O. The van der Waals surface area contributed by atoms with Crippen molar-refractivity contribution in [1.29, 1.82) is 0 Å². The zero-order valence-corrected chi connectivity index (χ0v) is 12.3. The minimum Gasteiger partial charge on any atom is -0.480 e. The first-order valence-electron chi connectivity index (χ1n) is 6.00. The standard InChI is InChI=1S/C13H16ClN3O4/c1-13(2,11(15)20)16-12(21)17(7-10(18)19)9-5-3-8(14)4-6-9/h3-6H,7H2,1-2H3,(H2,15,20)(H,16,21)(H,18,19). The van der Waals surface area contributed by atoms with Gasteiger partial charge in [0.1, 0.15) is 12.1 Å². The number of anilines is 1. The summed E-state index contributed by atoms with van der Waals surface area (Å²) in [6.07, 6.45) is 0. The summed E-state index contributed by atoms with van der Waals surface area (Å²) in [4.78, 5) is 35.3. The Morgan fingerprint density at radius 1 is 1.29 bits per heavy atom. The molecule has 8 heteroatoms. The summed E-state index contributed by atoms with van der Waals surface area (Å²) in [5.41, 5.74) is 4.20. The molecular weight excluding hydrogens is 298 g/mol. The lowest BCUT2D eigenvalue weighted by Crippen LogP contribution is -2.57. The number of carboxylic acid groups (broad SMARTS) is 1. The smallest absolute Gasteiger partial charge is 0.323 e. The van der Waals surface area contributed by atoms with Crippen molar-refractivity contribution in [3.8, 4) is 0 Å². The molecule has 0 atom stereocenters. The second-order valence-corrected chi connectivity index (χ2v) is 5.31. The lowest BCUT2D eigenvalue weighted by atomic mass is 10.1. The van der Waals surface area contributed by atoms with E-state index >= 15 is 0 Å². The van der Waals surface area contributed by atoms with Crippen LogP contribution in [0.1, 0.15) is 13.8 Å². The van der Waals surface area contributed by atoms with E-state index in [2.05, 4.69) is 5.32 Å². The molecule has 0 saturated heterocycles. The second kappa shape index (κ2) is 6.45. The number of carboxylic acids is 1. The van der Waals surface area contributed by atoms with Crippen molar-refractivity contribution in [3.05, 3.63) is 29.3 Å². The molecule has 0 aromatic heterocycles. The number of hydrogen-bond acceptors (Lipinski definition) is 3. The fourth-order valence-corrected chi connectivity index (χ4v) is 1.56. The summed E-state index contributed by atoms with van der Waals surface area (Å²) in [5.74, 6) is -1.93. The third-order valence-electron chi connectivity index (χ3n) is 2.71. The Bertz CT molecular complexity index is 557. The lowest BCUT2D eigenvalue weighted by molar-refractivity contribution is -0.135. The van der Waals surface area contributed by atoms with Crippen LogP contribution in [0.2, 0.25) is 5.02 Å². The number of halogens is 1. The van der Waals surface area contributed by atoms with Crippen molar-refractivity contribution in [2.75, 3.05) is 11.4 Å². The van der Waals surface area contributed by atoms with E-state index in [9.17, 15) is 14.4 Å². The van der Waals surface area contributed by atoms with Gasteiger partial charge in [0, 0.05) is 10.7 Å². The zero-order chi connectivity index (χ0) is 16.2. The monoisotopic (exact) mass is 313 g/mol. The Morgan fingerprint density at radius 2 is 1.81 bits per heavy atom. The van der Waals surface area contributed by atoms with Gasteiger partial charge < -0.3 is 16.2 Å². The molecule has 4 N–H and O–H groups in total. The Morgan fingerprint density at radius 3 is 2.24 bits per heavy atom. The van der Waals surface area contributed by atoms with Crippen molar-refractivity contribution in [1.82, 2.24) is 5.32 Å². The third kappa shape index (κ3) is 4.64. The number of carbonyl (C=O) groups is 3. The molecule has 0 saturated carbocycles. The summed E-state index contributed by atoms with van der Waals surface area (Å²) in [6, 6.07) is 5.31. The van der Waals surface area contributed by atoms with Crippen LogP contribution in [0.5, 0.6) is 0 Å². The molecule has 1 aromatic carbocycles. The topological polar surface area (TPSA) is 113 Å². The number of primary amides is 1. The Kier molecular flexibility index (Phi) is 5.15. The minimum absolute atomic E-state index is 0.333. The second-order valence-electron chi connectivity index (χ2n) is 4.88. The van der Waals surface area contributed by atoms with Gasteiger partial charge in [0.25, 0.3) is 0 Å². The first-order valence-corrected chi connectivity index (χ1v) is 6.38. The first-order chi connectivity index (χ1) is 9.63. The van der Waals surface area contributed by atoms with E-state index in [4.69, 9.17) is 22.4 Å². The van der Waals surface area contributed by atoms with Crippen LogP contribution in [0.4, 0.5) is 10.5 Å². The molecule has 0 fully saturated rings. The van der Waals surface area contributed by atoms with Crippen molar-refractivity contribution in [2.45, 2.75) is 19.4 Å². The highest BCUT2D eigenvalue weighted by Crippen LogP contribution is 2.18. The van der Waals surface area contributed by atoms with Crippen molar-refractivity contribution >= 4 is 35.2 Å². The third-order valence-corrected chi connectivity index (χ3v) is 2.96. The average Bonchev–Trinajstić information content (AvgIpc) is 2.36. The van der Waals surface area contributed by atoms with E-state index in [1.807, 2.05) is 0 Å². The van der Waals surface area contributed by atoms with E-state index in [1.54, 1.807) is 0 Å². The molecule has 7 nitrogen and oxygen atoms in total. The summed E-state index contributed by atoms with van der Waals surface area (Å²) in [5, 5.41) is 11.8. The van der Waals surface area contributed by atoms with Gasteiger partial charge in [-0.3, -0.25) is 14.5 Å². The fourth-order valence-electron chi connectivity index (χ4n) is 1.43. The van der Waals surface area contributed by atoms with Crippen LogP contribution in [0.3, 0.4) is 0 Å². The molecule has 0 aliphatic rings. The lowest BCUT2D eigenvalue weighted by Gasteiger charge is -2.28. The maximum atomic E-state index is 12.2. The van der Waals surface area contributed by atoms with Crippen molar-refractivity contribution < 1.29 is 19.5 Å². The molecular formula is C13H16ClN3O4. The fraction of sp³-hybridized carbons (Fsp3) is 0.308. The van der Waals surface area contributed by atoms with Crippen molar-refractivity contribution in [2.24, 2.45) is 5.73 Å². The van der Waals surface area contributed by atoms with E-state index in [-0.39, 0.29) is 0 Å². The van der Waals surface area contributed by atoms with Crippen LogP contribution in [-0.2, 0) is 9.59 Å². The van der Waals surface area contributed by atoms with Crippen LogP contribution in [0.15, 0.2) is 24.3 Å². The van der Waals surface area contributed by atoms with Crippen LogP contribution in [0, 0.1) is 0 Å². The van der Waals surface area contributed by atoms with E-state index in [1.165, 1.54) is 38.1 Å². The molecule has 0 aliphatic carbocycles. The quantitative estimate of drug-likeness (QED) is 0.758. The highest BCUT2D eigenvalue weighted by molar-refractivity contribution is 6.30. The summed E-state index contributed by atoms with van der Waals surface area (Å²) >= 11 is 5.75. The van der Waals surface area contributed by atoms with Gasteiger partial charge in [-0.05, 0) is 38.1 Å². The Balaban J connectivity index is 3.02. The number of carbonyl (C=O) groups excluding carboxylic acids is 2. The number of rotatable bonds is 5. The maximum absolute atomic E-state index is 12.2. The predicted molar refractivity (Wildman–Crippen MR) is 78.2 cm³/mol. The molecule has 0 aliphatic heterocycles. The largest absolute Gasteiger partial charge is 0.480 e. The molecule has 1 rings (SSSR count). The van der Waals surface area contributed by atoms with Crippen LogP contribution in [-0.4, -0.2) is 35.1 Å². The number of nitrogens with two attached hydrogens (primary N) is 1. The van der Waals surface area contributed by atoms with Crippen LogP contribution >= 0.6 is 11.6 Å². The van der Waals surface area contributed by atoms with Gasteiger partial charge >= 0.3 is 12.0 Å². The number of amides is 3. The van der Waals surface area contributed by atoms with E-state index in [0.717, 1.165) is 4.90 Å². The zero-order valence-electron chi connectivity index (χ0n) is 11.6. The molecule has 114 valence electrons. The summed E-state index contributed by atoms with van der Waals surface area (Å²) in [6.45, 7) is 2.28. The highest BCUT2D eigenvalue weighted by Gasteiger charge is 2.30. The van der Waals surface area contributed by atoms with Gasteiger partial charge in [-0.2, -0.15) is 0 Å². The number of nitrogens with one attached hydrogen (secondary N) is 1. The van der Waals surface area contributed by atoms with Gasteiger partial charge in [0.15, 0.2) is 0 Å². The van der Waals surface area contributed by atoms with Gasteiger partial charge in [0.2, 0.25) is 5.91 Å². The van der Waals surface area contributed by atoms with Crippen LogP contribution < -0.4 is 16.0 Å². The number of nitrogens with zero attached hydrogens (tertiary/aromatic N) is 1. The van der Waals surface area contributed by atoms with Gasteiger partial charge in [-0.25, -0.2) is 4.79 Å². The van der Waals surface area contributed by atoms with Crippen molar-refractivity contribution in [3.63, 3.8) is 0 Å². The molecule has 0 spiro atoms. The minimum atomic E-state index is -1.31. The van der Waals surface area contributed by atoms with Gasteiger partial charge in [-0.15, -0.1) is 0 Å². The molecule has 0 bridgehead atoms. The number of benzene rings is 1. The predicted octanol–water partition coefficient (Wildman–Crippen LogP) is 1.20. The molecule has 0 unspecified atom stereocenters. The Hall–Kier alpha value is -2.28. The van der Waals surface area contributed by atoms with E-state index < -0.39 is 30.0 Å². The van der Waals surface area contributed by atoms with E-state index in [0.29, 0.717) is 10.7 Å². The summed E-state index contributed by atoms with van der Waals surface area (Å²) < 4.78 is 0. The first kappa shape index (κ1) is 16.8. The molecule has 0 radical (unpaired) electrons. The molecule has 1 aromatic rings. The highest BCUT2D eigenvalue weighted by atomic mass is 35.5. The summed E-state index contributed by atoms with van der Waals surface area (Å²) in [7, 11) is 0. The normalized spacial score (nSPS) is 10.8. The van der Waals surface area contributed by atoms with Crippen LogP contribution in [0.25, 0.3) is 0 Å². The average molecular weight is 314 g/mol. The molecule has 21 heavy (non-hydrogen) atoms. The number of aliphatic carboxylic acids is 1.